The van der Waals surface area contributed by atoms with Crippen molar-refractivity contribution in [2.24, 2.45) is 5.92 Å². The molecule has 2 N–H and O–H groups in total. The van der Waals surface area contributed by atoms with Gasteiger partial charge in [0.2, 0.25) is 11.1 Å². The molecule has 0 fully saturated rings. The number of anilines is 1. The molecular formula is C16H18N4OS. The summed E-state index contributed by atoms with van der Waals surface area (Å²) in [5.41, 5.74) is 0.822. The summed E-state index contributed by atoms with van der Waals surface area (Å²) in [6.07, 6.45) is 7.64. The highest BCUT2D eigenvalue weighted by Crippen LogP contribution is 2.34. The Morgan fingerprint density at radius 3 is 2.77 bits per heavy atom. The average Bonchev–Trinajstić information content (AvgIpc) is 3.05. The molecule has 1 aromatic carbocycles. The van der Waals surface area contributed by atoms with Gasteiger partial charge in [-0.3, -0.25) is 9.89 Å². The van der Waals surface area contributed by atoms with Gasteiger partial charge in [0.1, 0.15) is 5.82 Å². The largest absolute Gasteiger partial charge is 0.326 e. The quantitative estimate of drug-likeness (QED) is 0.671. The number of carbonyl (C=O) groups is 1. The highest BCUT2D eigenvalue weighted by molar-refractivity contribution is 7.98. The topological polar surface area (TPSA) is 70.7 Å². The van der Waals surface area contributed by atoms with E-state index in [1.807, 2.05) is 36.6 Å². The average molecular weight is 314 g/mol. The first-order valence-electron chi connectivity index (χ1n) is 7.25. The van der Waals surface area contributed by atoms with Crippen LogP contribution in [0.1, 0.15) is 24.6 Å². The normalized spacial score (nSPS) is 20.8. The van der Waals surface area contributed by atoms with Crippen LogP contribution >= 0.6 is 11.8 Å². The van der Waals surface area contributed by atoms with E-state index in [0.717, 1.165) is 24.4 Å². The van der Waals surface area contributed by atoms with Gasteiger partial charge in [0.25, 0.3) is 0 Å². The van der Waals surface area contributed by atoms with Gasteiger partial charge in [0.05, 0.1) is 5.92 Å². The number of rotatable bonds is 4. The first-order valence-corrected chi connectivity index (χ1v) is 8.47. The molecule has 1 aliphatic rings. The van der Waals surface area contributed by atoms with E-state index in [-0.39, 0.29) is 17.7 Å². The summed E-state index contributed by atoms with van der Waals surface area (Å²) in [7, 11) is 0. The fourth-order valence-corrected chi connectivity index (χ4v) is 3.00. The molecule has 1 amide bonds. The molecule has 0 saturated carbocycles. The van der Waals surface area contributed by atoms with Gasteiger partial charge in [-0.25, -0.2) is 4.98 Å². The fourth-order valence-electron chi connectivity index (χ4n) is 2.68. The fraction of sp³-hybridized carbons (Fsp3) is 0.312. The van der Waals surface area contributed by atoms with Crippen LogP contribution < -0.4 is 5.32 Å². The van der Waals surface area contributed by atoms with Gasteiger partial charge in [0, 0.05) is 11.6 Å². The predicted octanol–water partition coefficient (Wildman–Crippen LogP) is 3.22. The molecule has 0 saturated heterocycles. The summed E-state index contributed by atoms with van der Waals surface area (Å²) >= 11 is 1.49. The highest BCUT2D eigenvalue weighted by Gasteiger charge is 2.32. The molecule has 1 aromatic heterocycles. The van der Waals surface area contributed by atoms with E-state index in [1.165, 1.54) is 11.8 Å². The molecule has 3 rings (SSSR count). The van der Waals surface area contributed by atoms with E-state index in [0.29, 0.717) is 5.16 Å². The second-order valence-electron chi connectivity index (χ2n) is 5.22. The Balaban J connectivity index is 1.77. The van der Waals surface area contributed by atoms with Crippen molar-refractivity contribution in [3.05, 3.63) is 48.3 Å². The van der Waals surface area contributed by atoms with Crippen molar-refractivity contribution < 1.29 is 4.79 Å². The number of H-pyrrole nitrogens is 1. The van der Waals surface area contributed by atoms with Crippen molar-refractivity contribution in [2.75, 3.05) is 11.6 Å². The van der Waals surface area contributed by atoms with Crippen molar-refractivity contribution >= 4 is 23.4 Å². The molecule has 2 atom stereocenters. The molecule has 6 heteroatoms. The number of nitrogens with zero attached hydrogens (tertiary/aromatic N) is 2. The van der Waals surface area contributed by atoms with Crippen LogP contribution in [0.4, 0.5) is 5.69 Å². The summed E-state index contributed by atoms with van der Waals surface area (Å²) in [6, 6.07) is 9.54. The third kappa shape index (κ3) is 3.22. The molecule has 2 aromatic rings. The molecular weight excluding hydrogens is 296 g/mol. The van der Waals surface area contributed by atoms with Gasteiger partial charge >= 0.3 is 0 Å². The number of thioether (sulfide) groups is 1. The van der Waals surface area contributed by atoms with E-state index in [4.69, 9.17) is 0 Å². The second-order valence-corrected chi connectivity index (χ2v) is 5.99. The zero-order valence-electron chi connectivity index (χ0n) is 12.3. The lowest BCUT2D eigenvalue weighted by Crippen LogP contribution is -2.30. The van der Waals surface area contributed by atoms with Gasteiger partial charge in [-0.15, -0.1) is 5.10 Å². The first kappa shape index (κ1) is 14.8. The maximum absolute atomic E-state index is 12.6. The predicted molar refractivity (Wildman–Crippen MR) is 87.8 cm³/mol. The lowest BCUT2D eigenvalue weighted by molar-refractivity contribution is -0.120. The molecule has 22 heavy (non-hydrogen) atoms. The number of aromatic nitrogens is 3. The Hall–Kier alpha value is -2.08. The number of hydrogen-bond acceptors (Lipinski definition) is 4. The van der Waals surface area contributed by atoms with Crippen molar-refractivity contribution in [2.45, 2.75) is 23.9 Å². The zero-order valence-corrected chi connectivity index (χ0v) is 13.1. The smallest absolute Gasteiger partial charge is 0.228 e. The summed E-state index contributed by atoms with van der Waals surface area (Å²) < 4.78 is 0. The first-order chi connectivity index (χ1) is 10.8. The van der Waals surface area contributed by atoms with Gasteiger partial charge in [-0.2, -0.15) is 0 Å². The molecule has 1 heterocycles. The maximum Gasteiger partial charge on any atom is 0.228 e. The van der Waals surface area contributed by atoms with Crippen LogP contribution in [-0.2, 0) is 4.79 Å². The molecule has 0 radical (unpaired) electrons. The van der Waals surface area contributed by atoms with Crippen LogP contribution in [0.5, 0.6) is 0 Å². The lowest BCUT2D eigenvalue weighted by Gasteiger charge is -2.25. The van der Waals surface area contributed by atoms with Gasteiger partial charge in [0.15, 0.2) is 0 Å². The molecule has 0 spiro atoms. The third-order valence-corrected chi connectivity index (χ3v) is 4.37. The SMILES string of the molecule is CSc1n[nH]c(C2CC=CCC2C(=O)Nc2ccccc2)n1. The molecule has 1 aliphatic carbocycles. The van der Waals surface area contributed by atoms with Crippen LogP contribution in [0, 0.1) is 5.92 Å². The Bertz CT molecular complexity index is 668. The minimum absolute atomic E-state index is 0.0302. The zero-order chi connectivity index (χ0) is 15.4. The van der Waals surface area contributed by atoms with Gasteiger partial charge in [-0.1, -0.05) is 42.1 Å². The van der Waals surface area contributed by atoms with Crippen LogP contribution in [0.2, 0.25) is 0 Å². The molecule has 114 valence electrons. The van der Waals surface area contributed by atoms with Crippen molar-refractivity contribution in [1.29, 1.82) is 0 Å². The Kier molecular flexibility index (Phi) is 4.58. The van der Waals surface area contributed by atoms with Crippen LogP contribution in [-0.4, -0.2) is 27.3 Å². The van der Waals surface area contributed by atoms with E-state index in [1.54, 1.807) is 0 Å². The number of hydrogen-bond donors (Lipinski definition) is 2. The van der Waals surface area contributed by atoms with E-state index in [2.05, 4.69) is 32.7 Å². The number of benzene rings is 1. The van der Waals surface area contributed by atoms with E-state index >= 15 is 0 Å². The third-order valence-electron chi connectivity index (χ3n) is 3.83. The van der Waals surface area contributed by atoms with Crippen molar-refractivity contribution in [3.8, 4) is 0 Å². The molecule has 0 bridgehead atoms. The molecule has 5 nitrogen and oxygen atoms in total. The Labute approximate surface area is 133 Å². The lowest BCUT2D eigenvalue weighted by atomic mass is 9.82. The minimum atomic E-state index is -0.132. The minimum Gasteiger partial charge on any atom is -0.326 e. The van der Waals surface area contributed by atoms with Gasteiger partial charge < -0.3 is 5.32 Å². The summed E-state index contributed by atoms with van der Waals surface area (Å²) in [4.78, 5) is 17.1. The second kappa shape index (κ2) is 6.79. The maximum atomic E-state index is 12.6. The van der Waals surface area contributed by atoms with Crippen molar-refractivity contribution in [3.63, 3.8) is 0 Å². The van der Waals surface area contributed by atoms with Crippen LogP contribution in [0.15, 0.2) is 47.6 Å². The van der Waals surface area contributed by atoms with Gasteiger partial charge in [-0.05, 0) is 31.2 Å². The number of allylic oxidation sites excluding steroid dienone is 2. The van der Waals surface area contributed by atoms with E-state index in [9.17, 15) is 4.79 Å². The molecule has 2 unspecified atom stereocenters. The molecule has 0 aliphatic heterocycles. The number of amides is 1. The number of carbonyl (C=O) groups excluding carboxylic acids is 1. The van der Waals surface area contributed by atoms with Crippen LogP contribution in [0.25, 0.3) is 0 Å². The summed E-state index contributed by atoms with van der Waals surface area (Å²) in [5.74, 6) is 0.736. The Morgan fingerprint density at radius 2 is 2.05 bits per heavy atom. The monoisotopic (exact) mass is 314 g/mol. The summed E-state index contributed by atoms with van der Waals surface area (Å²) in [6.45, 7) is 0. The standard InChI is InChI=1S/C16H18N4OS/c1-22-16-18-14(19-20-16)12-9-5-6-10-13(12)15(21)17-11-7-3-2-4-8-11/h2-8,12-13H,9-10H2,1H3,(H,17,21)(H,18,19,20). The Morgan fingerprint density at radius 1 is 1.27 bits per heavy atom. The number of nitrogens with one attached hydrogen (secondary N) is 2. The van der Waals surface area contributed by atoms with E-state index < -0.39 is 0 Å². The van der Waals surface area contributed by atoms with Crippen LogP contribution in [0.3, 0.4) is 0 Å². The number of aromatic amines is 1. The van der Waals surface area contributed by atoms with Crippen molar-refractivity contribution in [1.82, 2.24) is 15.2 Å². The summed E-state index contributed by atoms with van der Waals surface area (Å²) in [5, 5.41) is 10.8. The number of para-hydroxylation sites is 1. The highest BCUT2D eigenvalue weighted by atomic mass is 32.2.